The summed E-state index contributed by atoms with van der Waals surface area (Å²) in [4.78, 5) is 17.7. The van der Waals surface area contributed by atoms with Crippen LogP contribution in [0.4, 0.5) is 11.5 Å². The van der Waals surface area contributed by atoms with Crippen molar-refractivity contribution in [3.63, 3.8) is 0 Å². The van der Waals surface area contributed by atoms with E-state index >= 15 is 0 Å². The molecule has 0 radical (unpaired) electrons. The first-order chi connectivity index (χ1) is 8.70. The Morgan fingerprint density at radius 1 is 1.56 bits per heavy atom. The average molecular weight is 245 g/mol. The zero-order valence-corrected chi connectivity index (χ0v) is 8.99. The van der Waals surface area contributed by atoms with E-state index in [1.807, 2.05) is 0 Å². The number of aromatic nitrogens is 4. The minimum atomic E-state index is -0.647. The molecule has 0 amide bonds. The number of nitrogens with one attached hydrogen (secondary N) is 2. The van der Waals surface area contributed by atoms with Crippen molar-refractivity contribution in [3.05, 3.63) is 40.1 Å². The Balaban J connectivity index is 2.15. The molecule has 9 heteroatoms. The van der Waals surface area contributed by atoms with Gasteiger partial charge in [0, 0.05) is 6.07 Å². The number of nitro groups is 1. The molecule has 0 bridgehead atoms. The van der Waals surface area contributed by atoms with Gasteiger partial charge in [-0.15, -0.1) is 0 Å². The zero-order chi connectivity index (χ0) is 13.0. The van der Waals surface area contributed by atoms with Crippen molar-refractivity contribution >= 4 is 11.5 Å². The van der Waals surface area contributed by atoms with Gasteiger partial charge in [0.25, 0.3) is 0 Å². The van der Waals surface area contributed by atoms with Crippen molar-refractivity contribution in [2.75, 3.05) is 5.32 Å². The summed E-state index contributed by atoms with van der Waals surface area (Å²) in [6.45, 7) is 0.329. The number of hydrogen-bond donors (Lipinski definition) is 2. The van der Waals surface area contributed by atoms with Crippen LogP contribution in [0, 0.1) is 21.4 Å². The first-order valence-corrected chi connectivity index (χ1v) is 4.84. The van der Waals surface area contributed by atoms with Gasteiger partial charge in [-0.2, -0.15) is 10.4 Å². The van der Waals surface area contributed by atoms with Crippen LogP contribution in [0.2, 0.25) is 0 Å². The number of nitriles is 1. The van der Waals surface area contributed by atoms with Gasteiger partial charge in [0.1, 0.15) is 24.0 Å². The van der Waals surface area contributed by atoms with E-state index in [4.69, 9.17) is 5.26 Å². The van der Waals surface area contributed by atoms with E-state index in [0.717, 1.165) is 0 Å². The second kappa shape index (κ2) is 4.88. The van der Waals surface area contributed by atoms with Crippen LogP contribution in [0.25, 0.3) is 0 Å². The Kier molecular flexibility index (Phi) is 3.11. The van der Waals surface area contributed by atoms with E-state index in [9.17, 15) is 10.1 Å². The SMILES string of the molecule is N#Cc1nc(NCc2ncn[nH]2)ccc1[N+](=O)[O-]. The normalized spacial score (nSPS) is 9.72. The monoisotopic (exact) mass is 245 g/mol. The molecule has 2 rings (SSSR count). The van der Waals surface area contributed by atoms with Crippen LogP contribution >= 0.6 is 0 Å². The van der Waals surface area contributed by atoms with Gasteiger partial charge < -0.3 is 5.32 Å². The Labute approximate surface area is 101 Å². The summed E-state index contributed by atoms with van der Waals surface area (Å²) >= 11 is 0. The summed E-state index contributed by atoms with van der Waals surface area (Å²) in [6.07, 6.45) is 1.36. The van der Waals surface area contributed by atoms with Gasteiger partial charge in [0.05, 0.1) is 11.5 Å². The number of pyridine rings is 1. The molecule has 2 aromatic heterocycles. The highest BCUT2D eigenvalue weighted by Gasteiger charge is 2.15. The van der Waals surface area contributed by atoms with Gasteiger partial charge in [-0.25, -0.2) is 9.97 Å². The van der Waals surface area contributed by atoms with Crippen LogP contribution in [-0.4, -0.2) is 25.1 Å². The Morgan fingerprint density at radius 2 is 2.39 bits per heavy atom. The maximum absolute atomic E-state index is 10.6. The number of anilines is 1. The lowest BCUT2D eigenvalue weighted by atomic mass is 10.3. The van der Waals surface area contributed by atoms with Crippen molar-refractivity contribution in [1.29, 1.82) is 5.26 Å². The standard InChI is InChI=1S/C9H7N7O2/c10-3-6-7(16(17)18)1-2-8(14-6)11-4-9-12-5-13-15-9/h1-2,5H,4H2,(H,11,14)(H,12,13,15). The van der Waals surface area contributed by atoms with E-state index < -0.39 is 4.92 Å². The molecule has 9 nitrogen and oxygen atoms in total. The molecule has 0 spiro atoms. The van der Waals surface area contributed by atoms with E-state index in [2.05, 4.69) is 25.5 Å². The van der Waals surface area contributed by atoms with Gasteiger partial charge in [-0.3, -0.25) is 15.2 Å². The third-order valence-electron chi connectivity index (χ3n) is 2.08. The molecule has 0 aliphatic heterocycles. The van der Waals surface area contributed by atoms with Gasteiger partial charge in [-0.1, -0.05) is 0 Å². The van der Waals surface area contributed by atoms with Gasteiger partial charge in [0.2, 0.25) is 5.69 Å². The van der Waals surface area contributed by atoms with Crippen molar-refractivity contribution < 1.29 is 4.92 Å². The molecule has 2 heterocycles. The van der Waals surface area contributed by atoms with Crippen molar-refractivity contribution in [3.8, 4) is 6.07 Å². The van der Waals surface area contributed by atoms with E-state index in [1.165, 1.54) is 18.5 Å². The molecular formula is C9H7N7O2. The lowest BCUT2D eigenvalue weighted by Gasteiger charge is -2.03. The average Bonchev–Trinajstić information content (AvgIpc) is 2.88. The third-order valence-corrected chi connectivity index (χ3v) is 2.08. The topological polar surface area (TPSA) is 133 Å². The molecule has 0 saturated heterocycles. The van der Waals surface area contributed by atoms with Crippen LogP contribution in [0.5, 0.6) is 0 Å². The lowest BCUT2D eigenvalue weighted by Crippen LogP contribution is -2.05. The Hall–Kier alpha value is -3.02. The number of rotatable bonds is 4. The first kappa shape index (κ1) is 11.5. The van der Waals surface area contributed by atoms with Crippen LogP contribution < -0.4 is 5.32 Å². The van der Waals surface area contributed by atoms with Gasteiger partial charge in [-0.05, 0) is 6.07 Å². The maximum atomic E-state index is 10.6. The van der Waals surface area contributed by atoms with Crippen molar-refractivity contribution in [1.82, 2.24) is 20.2 Å². The fourth-order valence-electron chi connectivity index (χ4n) is 1.27. The molecule has 0 atom stereocenters. The highest BCUT2D eigenvalue weighted by molar-refractivity contribution is 5.50. The summed E-state index contributed by atoms with van der Waals surface area (Å²) in [5.74, 6) is 0.946. The van der Waals surface area contributed by atoms with Crippen LogP contribution in [-0.2, 0) is 6.54 Å². The van der Waals surface area contributed by atoms with Gasteiger partial charge in [0.15, 0.2) is 0 Å². The van der Waals surface area contributed by atoms with Crippen molar-refractivity contribution in [2.45, 2.75) is 6.54 Å². The van der Waals surface area contributed by atoms with Gasteiger partial charge >= 0.3 is 5.69 Å². The van der Waals surface area contributed by atoms with Crippen LogP contribution in [0.3, 0.4) is 0 Å². The predicted molar refractivity (Wildman–Crippen MR) is 59.3 cm³/mol. The fourth-order valence-corrected chi connectivity index (χ4v) is 1.27. The number of aromatic amines is 1. The lowest BCUT2D eigenvalue weighted by molar-refractivity contribution is -0.385. The highest BCUT2D eigenvalue weighted by Crippen LogP contribution is 2.18. The molecule has 2 aromatic rings. The molecule has 0 unspecified atom stereocenters. The summed E-state index contributed by atoms with van der Waals surface area (Å²) in [7, 11) is 0. The quantitative estimate of drug-likeness (QED) is 0.594. The predicted octanol–water partition coefficient (Wildman–Crippen LogP) is 0.592. The fraction of sp³-hybridized carbons (Fsp3) is 0.111. The second-order valence-corrected chi connectivity index (χ2v) is 3.22. The molecular weight excluding hydrogens is 238 g/mol. The van der Waals surface area contributed by atoms with Crippen LogP contribution in [0.15, 0.2) is 18.5 Å². The Morgan fingerprint density at radius 3 is 3.00 bits per heavy atom. The second-order valence-electron chi connectivity index (χ2n) is 3.22. The molecule has 0 aliphatic rings. The molecule has 2 N–H and O–H groups in total. The molecule has 0 aromatic carbocycles. The number of H-pyrrole nitrogens is 1. The minimum Gasteiger partial charge on any atom is -0.363 e. The van der Waals surface area contributed by atoms with Crippen molar-refractivity contribution in [2.24, 2.45) is 0 Å². The molecule has 0 fully saturated rings. The highest BCUT2D eigenvalue weighted by atomic mass is 16.6. The summed E-state index contributed by atoms with van der Waals surface area (Å²) < 4.78 is 0. The van der Waals surface area contributed by atoms with E-state index in [-0.39, 0.29) is 11.4 Å². The van der Waals surface area contributed by atoms with E-state index in [1.54, 1.807) is 6.07 Å². The number of hydrogen-bond acceptors (Lipinski definition) is 7. The summed E-state index contributed by atoms with van der Waals surface area (Å²) in [5, 5.41) is 28.6. The molecule has 0 aliphatic carbocycles. The largest absolute Gasteiger partial charge is 0.363 e. The summed E-state index contributed by atoms with van der Waals surface area (Å²) in [6, 6.07) is 4.34. The molecule has 90 valence electrons. The van der Waals surface area contributed by atoms with E-state index in [0.29, 0.717) is 18.2 Å². The molecule has 18 heavy (non-hydrogen) atoms. The molecule has 0 saturated carbocycles. The first-order valence-electron chi connectivity index (χ1n) is 4.84. The summed E-state index contributed by atoms with van der Waals surface area (Å²) in [5.41, 5.74) is -0.551. The number of nitrogens with zero attached hydrogens (tertiary/aromatic N) is 5. The third kappa shape index (κ3) is 2.38. The zero-order valence-electron chi connectivity index (χ0n) is 8.99. The Bertz CT molecular complexity index is 602. The minimum absolute atomic E-state index is 0.234. The smallest absolute Gasteiger partial charge is 0.305 e. The van der Waals surface area contributed by atoms with Crippen LogP contribution in [0.1, 0.15) is 11.5 Å². The maximum Gasteiger partial charge on any atom is 0.305 e.